The zero-order chi connectivity index (χ0) is 4.12. The van der Waals surface area contributed by atoms with Crippen LogP contribution in [0.5, 0.6) is 0 Å². The maximum absolute atomic E-state index is 6.05. The van der Waals surface area contributed by atoms with Crippen molar-refractivity contribution in [2.24, 2.45) is 0 Å². The molecule has 0 spiro atoms. The van der Waals surface area contributed by atoms with Crippen molar-refractivity contribution < 1.29 is 5.11 Å². The maximum Gasteiger partial charge on any atom is 0.210 e. The molecule has 1 N–H and O–H groups in total. The maximum atomic E-state index is 6.05. The van der Waals surface area contributed by atoms with Gasteiger partial charge >= 0.3 is 0 Å². The lowest BCUT2D eigenvalue weighted by atomic mass is 10.9. The number of aliphatic hydroxyl groups is 1. The van der Waals surface area contributed by atoms with Crippen molar-refractivity contribution in [1.29, 1.82) is 1.43 Å². The van der Waals surface area contributed by atoms with Crippen LogP contribution in [0.15, 0.2) is 0 Å². The van der Waals surface area contributed by atoms with Gasteiger partial charge in [0, 0.05) is 5.75 Å². The standard InChI is InChI=1S/C2H6OS/c3-1-2-4/h3-4H,1-2H2/i3T. The van der Waals surface area contributed by atoms with Gasteiger partial charge in [0.05, 0.1) is 6.61 Å². The first-order chi connectivity index (χ1) is 2.41. The summed E-state index contributed by atoms with van der Waals surface area (Å²) in [4.78, 5) is 0. The number of hydrogen-bond donors (Lipinski definition) is 2. The van der Waals surface area contributed by atoms with E-state index in [-0.39, 0.29) is 0 Å². The van der Waals surface area contributed by atoms with Gasteiger partial charge in [-0.25, -0.2) is 0 Å². The molecule has 0 aliphatic heterocycles. The van der Waals surface area contributed by atoms with E-state index >= 15 is 0 Å². The molecule has 2 heteroatoms. The Labute approximate surface area is 32.5 Å². The van der Waals surface area contributed by atoms with Crippen LogP contribution in [0.2, 0.25) is 0 Å². The highest BCUT2D eigenvalue weighted by molar-refractivity contribution is 7.80. The Morgan fingerprint density at radius 3 is 3.00 bits per heavy atom. The predicted octanol–water partition coefficient (Wildman–Crippen LogP) is -0.0915. The molecule has 1 nitrogen and oxygen atoms in total. The third-order valence-electron chi connectivity index (χ3n) is 0.0913. The summed E-state index contributed by atoms with van der Waals surface area (Å²) in [6, 6.07) is 0. The Morgan fingerprint density at radius 2 is 3.00 bits per heavy atom. The van der Waals surface area contributed by atoms with Crippen molar-refractivity contribution >= 4 is 12.6 Å². The van der Waals surface area contributed by atoms with Crippen LogP contribution < -0.4 is 0 Å². The molecule has 0 aromatic heterocycles. The fourth-order valence-corrected chi connectivity index (χ4v) is 0. The molecule has 0 fully saturated rings. The Hall–Kier alpha value is 0.310. The van der Waals surface area contributed by atoms with E-state index in [1.807, 2.05) is 0 Å². The van der Waals surface area contributed by atoms with Crippen molar-refractivity contribution in [3.05, 3.63) is 0 Å². The highest BCUT2D eigenvalue weighted by atomic mass is 32.1. The van der Waals surface area contributed by atoms with Gasteiger partial charge < -0.3 is 5.11 Å². The lowest BCUT2D eigenvalue weighted by molar-refractivity contribution is 0.323. The van der Waals surface area contributed by atoms with Gasteiger partial charge in [-0.15, -0.1) is 0 Å². The van der Waals surface area contributed by atoms with Gasteiger partial charge in [0.25, 0.3) is 0 Å². The van der Waals surface area contributed by atoms with Crippen LogP contribution in [-0.4, -0.2) is 18.9 Å². The molecule has 0 atom stereocenters. The zero-order valence-electron chi connectivity index (χ0n) is 3.27. The van der Waals surface area contributed by atoms with Crippen molar-refractivity contribution in [1.82, 2.24) is 0 Å². The summed E-state index contributed by atoms with van der Waals surface area (Å²) in [5.41, 5.74) is 0. The molecule has 26 valence electrons. The highest BCUT2D eigenvalue weighted by Gasteiger charge is 1.57. The summed E-state index contributed by atoms with van der Waals surface area (Å²) in [6.07, 6.45) is 0. The van der Waals surface area contributed by atoms with Crippen LogP contribution in [0.1, 0.15) is 0 Å². The van der Waals surface area contributed by atoms with Crippen LogP contribution in [0.4, 0.5) is 0 Å². The summed E-state index contributed by atoms with van der Waals surface area (Å²) < 4.78 is 6.05. The highest BCUT2D eigenvalue weighted by Crippen LogP contribution is 1.61. The van der Waals surface area contributed by atoms with Crippen LogP contribution in [-0.2, 0) is 0 Å². The monoisotopic (exact) mass is 80.0 g/mol. The second kappa shape index (κ2) is 3.31. The molecule has 4 heavy (non-hydrogen) atoms. The SMILES string of the molecule is [3H]OCCS. The third-order valence-corrected chi connectivity index (χ3v) is 0.274. The second-order valence-corrected chi connectivity index (χ2v) is 0.875. The molecular weight excluding hydrogens is 72.1 g/mol. The van der Waals surface area contributed by atoms with Gasteiger partial charge in [-0.3, -0.25) is 0 Å². The summed E-state index contributed by atoms with van der Waals surface area (Å²) >= 11 is 3.76. The van der Waals surface area contributed by atoms with E-state index in [1.54, 1.807) is 0 Å². The first-order valence-electron chi connectivity index (χ1n) is 1.51. The van der Waals surface area contributed by atoms with E-state index in [2.05, 4.69) is 17.7 Å². The normalized spacial score (nSPS) is 10.8. The van der Waals surface area contributed by atoms with Crippen molar-refractivity contribution in [2.75, 3.05) is 12.4 Å². The lowest BCUT2D eigenvalue weighted by Gasteiger charge is -1.69. The molecule has 0 aliphatic carbocycles. The molecule has 0 heterocycles. The van der Waals surface area contributed by atoms with E-state index in [0.29, 0.717) is 12.4 Å². The smallest absolute Gasteiger partial charge is 0.210 e. The summed E-state index contributed by atoms with van der Waals surface area (Å²) in [6.45, 7) is 0.420. The molecule has 0 aliphatic rings. The number of hydrogen-bond acceptors (Lipinski definition) is 2. The first kappa shape index (κ1) is 2.54. The van der Waals surface area contributed by atoms with Gasteiger partial charge in [-0.1, -0.05) is 0 Å². The molecule has 0 saturated carbocycles. The molecule has 0 unspecified atom stereocenters. The quantitative estimate of drug-likeness (QED) is 0.444. The van der Waals surface area contributed by atoms with Gasteiger partial charge in [-0.05, 0) is 0 Å². The van der Waals surface area contributed by atoms with Crippen molar-refractivity contribution in [3.8, 4) is 0 Å². The molecule has 0 saturated heterocycles. The zero-order valence-corrected chi connectivity index (χ0v) is 3.16. The van der Waals surface area contributed by atoms with Gasteiger partial charge in [0.15, 0.2) is 0 Å². The molecule has 0 rings (SSSR count). The largest absolute Gasteiger partial charge is 0.396 e. The molecule has 0 aromatic rings. The minimum absolute atomic E-state index is 0.420. The van der Waals surface area contributed by atoms with Crippen LogP contribution in [0, 0.1) is 0 Å². The van der Waals surface area contributed by atoms with Gasteiger partial charge in [0.2, 0.25) is 1.43 Å². The number of thiol groups is 1. The molecule has 0 radical (unpaired) electrons. The molecule has 0 aromatic carbocycles. The Kier molecular flexibility index (Phi) is 2.10. The van der Waals surface area contributed by atoms with E-state index in [1.165, 1.54) is 0 Å². The molecular formula is C2H6OS. The summed E-state index contributed by atoms with van der Waals surface area (Å²) in [7, 11) is 0. The fraction of sp³-hybridized carbons (Fsp3) is 1.00. The van der Waals surface area contributed by atoms with Crippen LogP contribution >= 0.6 is 12.6 Å². The van der Waals surface area contributed by atoms with E-state index in [0.717, 1.165) is 0 Å². The average molecular weight is 80.1 g/mol. The molecule has 0 bridgehead atoms. The Bertz CT molecular complexity index is 17.1. The van der Waals surface area contributed by atoms with Crippen LogP contribution in [0.3, 0.4) is 0 Å². The van der Waals surface area contributed by atoms with Crippen LogP contribution in [0.25, 0.3) is 0 Å². The number of aliphatic hydroxyl groups excluding tert-OH is 1. The fourth-order valence-electron chi connectivity index (χ4n) is 0. The second-order valence-electron chi connectivity index (χ2n) is 0.428. The first-order valence-corrected chi connectivity index (χ1v) is 1.74. The Balaban J connectivity index is 2.19. The Morgan fingerprint density at radius 1 is 2.25 bits per heavy atom. The minimum atomic E-state index is 0.420. The summed E-state index contributed by atoms with van der Waals surface area (Å²) in [5.74, 6) is 0.628. The number of rotatable bonds is 2. The minimum Gasteiger partial charge on any atom is -0.396 e. The topological polar surface area (TPSA) is 20.2 Å². The van der Waals surface area contributed by atoms with Crippen molar-refractivity contribution in [3.63, 3.8) is 0 Å². The van der Waals surface area contributed by atoms with E-state index in [9.17, 15) is 0 Å². The predicted molar refractivity (Wildman–Crippen MR) is 20.9 cm³/mol. The molecule has 0 amide bonds. The van der Waals surface area contributed by atoms with Gasteiger partial charge in [-0.2, -0.15) is 12.6 Å². The summed E-state index contributed by atoms with van der Waals surface area (Å²) in [5, 5.41) is 3.86. The van der Waals surface area contributed by atoms with Gasteiger partial charge in [0.1, 0.15) is 0 Å². The van der Waals surface area contributed by atoms with E-state index < -0.39 is 0 Å². The average Bonchev–Trinajstić information content (AvgIpc) is 1.41. The van der Waals surface area contributed by atoms with E-state index in [4.69, 9.17) is 1.43 Å². The third kappa shape index (κ3) is 2.31. The van der Waals surface area contributed by atoms with Crippen molar-refractivity contribution in [2.45, 2.75) is 0 Å². The lowest BCUT2D eigenvalue weighted by Crippen LogP contribution is -1.76.